The molecule has 0 unspecified atom stereocenters. The van der Waals surface area contributed by atoms with E-state index in [0.717, 1.165) is 6.07 Å². The van der Waals surface area contributed by atoms with E-state index in [1.807, 2.05) is 0 Å². The Hall–Kier alpha value is -1.76. The molecule has 19 heavy (non-hydrogen) atoms. The molecule has 0 atom stereocenters. The quantitative estimate of drug-likeness (QED) is 0.627. The number of hydrogen-bond donors (Lipinski definition) is 1. The van der Waals surface area contributed by atoms with Crippen molar-refractivity contribution in [3.63, 3.8) is 0 Å². The third kappa shape index (κ3) is 2.98. The standard InChI is InChI=1S/C12H8F4N2S/c1-6-2-3-7(13)4-8(6)9-5-10(19)18-11(17-9)12(14,15)16/h2-5H,1H3,(H,17,18,19). The Balaban J connectivity index is 2.66. The number of halogens is 4. The summed E-state index contributed by atoms with van der Waals surface area (Å²) in [6, 6.07) is 5.14. The Kier molecular flexibility index (Phi) is 3.40. The Morgan fingerprint density at radius 1 is 1.21 bits per heavy atom. The molecule has 0 bridgehead atoms. The van der Waals surface area contributed by atoms with Gasteiger partial charge in [0.2, 0.25) is 5.82 Å². The Labute approximate surface area is 111 Å². The minimum absolute atomic E-state index is 0.0873. The summed E-state index contributed by atoms with van der Waals surface area (Å²) in [4.78, 5) is 5.36. The molecular formula is C12H8F4N2S. The number of rotatable bonds is 1. The van der Waals surface area contributed by atoms with Crippen molar-refractivity contribution in [2.24, 2.45) is 0 Å². The van der Waals surface area contributed by atoms with Crippen molar-refractivity contribution < 1.29 is 17.6 Å². The third-order valence-electron chi connectivity index (χ3n) is 2.50. The van der Waals surface area contributed by atoms with Gasteiger partial charge < -0.3 is 4.98 Å². The molecule has 0 spiro atoms. The number of nitrogens with one attached hydrogen (secondary N) is 1. The minimum Gasteiger partial charge on any atom is -0.335 e. The number of hydrogen-bond acceptors (Lipinski definition) is 2. The SMILES string of the molecule is Cc1ccc(F)cc1-c1cc(=S)nc(C(F)(F)F)[nH]1. The van der Waals surface area contributed by atoms with E-state index < -0.39 is 17.8 Å². The number of nitrogens with zero attached hydrogens (tertiary/aromatic N) is 1. The van der Waals surface area contributed by atoms with Crippen LogP contribution in [0.3, 0.4) is 0 Å². The molecule has 2 nitrogen and oxygen atoms in total. The number of aryl methyl sites for hydroxylation is 1. The number of benzene rings is 1. The largest absolute Gasteiger partial charge is 0.449 e. The van der Waals surface area contributed by atoms with E-state index in [1.165, 1.54) is 18.2 Å². The number of aromatic amines is 1. The van der Waals surface area contributed by atoms with Crippen LogP contribution in [0, 0.1) is 17.4 Å². The topological polar surface area (TPSA) is 28.7 Å². The smallest absolute Gasteiger partial charge is 0.335 e. The second-order valence-electron chi connectivity index (χ2n) is 3.94. The molecule has 1 heterocycles. The van der Waals surface area contributed by atoms with Crippen LogP contribution in [-0.4, -0.2) is 9.97 Å². The van der Waals surface area contributed by atoms with Gasteiger partial charge in [-0.1, -0.05) is 18.3 Å². The maximum Gasteiger partial charge on any atom is 0.449 e. The molecule has 0 radical (unpaired) electrons. The molecule has 0 aliphatic heterocycles. The van der Waals surface area contributed by atoms with Gasteiger partial charge in [0, 0.05) is 5.56 Å². The molecule has 0 aliphatic carbocycles. The number of alkyl halides is 3. The lowest BCUT2D eigenvalue weighted by atomic mass is 10.1. The van der Waals surface area contributed by atoms with Crippen LogP contribution in [0.1, 0.15) is 11.4 Å². The summed E-state index contributed by atoms with van der Waals surface area (Å²) in [5.74, 6) is -1.73. The van der Waals surface area contributed by atoms with Crippen LogP contribution in [0.25, 0.3) is 11.3 Å². The molecule has 1 aromatic carbocycles. The van der Waals surface area contributed by atoms with E-state index in [2.05, 4.69) is 9.97 Å². The average Bonchev–Trinajstić information content (AvgIpc) is 2.30. The summed E-state index contributed by atoms with van der Waals surface area (Å²) in [7, 11) is 0. The Bertz CT molecular complexity index is 676. The zero-order valence-electron chi connectivity index (χ0n) is 9.68. The van der Waals surface area contributed by atoms with E-state index in [1.54, 1.807) is 6.92 Å². The molecule has 0 amide bonds. The first-order chi connectivity index (χ1) is 8.77. The van der Waals surface area contributed by atoms with Gasteiger partial charge in [-0.25, -0.2) is 9.37 Å². The van der Waals surface area contributed by atoms with Crippen LogP contribution in [-0.2, 0) is 6.18 Å². The van der Waals surface area contributed by atoms with Crippen LogP contribution >= 0.6 is 12.2 Å². The van der Waals surface area contributed by atoms with E-state index in [-0.39, 0.29) is 10.3 Å². The van der Waals surface area contributed by atoms with Crippen molar-refractivity contribution in [1.29, 1.82) is 0 Å². The Morgan fingerprint density at radius 2 is 1.89 bits per heavy atom. The van der Waals surface area contributed by atoms with Gasteiger partial charge in [0.25, 0.3) is 0 Å². The molecule has 1 N–H and O–H groups in total. The maximum absolute atomic E-state index is 13.2. The summed E-state index contributed by atoms with van der Waals surface area (Å²) in [5.41, 5.74) is 1.04. The highest BCUT2D eigenvalue weighted by molar-refractivity contribution is 7.71. The average molecular weight is 288 g/mol. The first-order valence-electron chi connectivity index (χ1n) is 5.22. The first kappa shape index (κ1) is 13.7. The lowest BCUT2D eigenvalue weighted by Gasteiger charge is -2.10. The molecule has 2 aromatic rings. The van der Waals surface area contributed by atoms with Crippen molar-refractivity contribution in [2.75, 3.05) is 0 Å². The van der Waals surface area contributed by atoms with Crippen LogP contribution in [0.2, 0.25) is 0 Å². The van der Waals surface area contributed by atoms with Crippen molar-refractivity contribution in [1.82, 2.24) is 9.97 Å². The lowest BCUT2D eigenvalue weighted by Crippen LogP contribution is -2.11. The molecular weight excluding hydrogens is 280 g/mol. The Morgan fingerprint density at radius 3 is 2.53 bits per heavy atom. The fourth-order valence-electron chi connectivity index (χ4n) is 1.62. The van der Waals surface area contributed by atoms with E-state index in [9.17, 15) is 17.6 Å². The molecule has 1 aromatic heterocycles. The first-order valence-corrected chi connectivity index (χ1v) is 5.63. The van der Waals surface area contributed by atoms with Crippen molar-refractivity contribution >= 4 is 12.2 Å². The van der Waals surface area contributed by atoms with E-state index in [4.69, 9.17) is 12.2 Å². The summed E-state index contributed by atoms with van der Waals surface area (Å²) in [5, 5.41) is 0. The predicted octanol–water partition coefficient (Wildman–Crippen LogP) is 4.27. The molecule has 0 aliphatic rings. The number of H-pyrrole nitrogens is 1. The maximum atomic E-state index is 13.2. The third-order valence-corrected chi connectivity index (χ3v) is 2.71. The van der Waals surface area contributed by atoms with E-state index in [0.29, 0.717) is 11.1 Å². The fourth-order valence-corrected chi connectivity index (χ4v) is 1.83. The van der Waals surface area contributed by atoms with Gasteiger partial charge in [0.05, 0.1) is 5.69 Å². The zero-order chi connectivity index (χ0) is 14.2. The summed E-state index contributed by atoms with van der Waals surface area (Å²) >= 11 is 4.71. The van der Waals surface area contributed by atoms with Gasteiger partial charge in [-0.2, -0.15) is 13.2 Å². The lowest BCUT2D eigenvalue weighted by molar-refractivity contribution is -0.144. The van der Waals surface area contributed by atoms with Gasteiger partial charge in [-0.05, 0) is 30.7 Å². The van der Waals surface area contributed by atoms with Crippen LogP contribution in [0.15, 0.2) is 24.3 Å². The van der Waals surface area contributed by atoms with Gasteiger partial charge >= 0.3 is 6.18 Å². The monoisotopic (exact) mass is 288 g/mol. The minimum atomic E-state index is -4.63. The zero-order valence-corrected chi connectivity index (χ0v) is 10.5. The highest BCUT2D eigenvalue weighted by Crippen LogP contribution is 2.29. The number of aromatic nitrogens is 2. The normalized spacial score (nSPS) is 11.6. The van der Waals surface area contributed by atoms with Gasteiger partial charge in [-0.3, -0.25) is 0 Å². The van der Waals surface area contributed by atoms with Gasteiger partial charge in [0.15, 0.2) is 0 Å². The summed E-state index contributed by atoms with van der Waals surface area (Å²) < 4.78 is 50.9. The van der Waals surface area contributed by atoms with Crippen LogP contribution in [0.5, 0.6) is 0 Å². The predicted molar refractivity (Wildman–Crippen MR) is 64.6 cm³/mol. The molecule has 7 heteroatoms. The summed E-state index contributed by atoms with van der Waals surface area (Å²) in [6.45, 7) is 1.67. The van der Waals surface area contributed by atoms with Crippen molar-refractivity contribution in [3.05, 3.63) is 46.1 Å². The molecule has 0 saturated carbocycles. The van der Waals surface area contributed by atoms with Crippen molar-refractivity contribution in [2.45, 2.75) is 13.1 Å². The highest BCUT2D eigenvalue weighted by Gasteiger charge is 2.34. The molecule has 2 rings (SSSR count). The molecule has 0 fully saturated rings. The summed E-state index contributed by atoms with van der Waals surface area (Å²) in [6.07, 6.45) is -4.63. The van der Waals surface area contributed by atoms with E-state index >= 15 is 0 Å². The van der Waals surface area contributed by atoms with Gasteiger partial charge in [0.1, 0.15) is 10.5 Å². The second-order valence-corrected chi connectivity index (χ2v) is 4.36. The van der Waals surface area contributed by atoms with Crippen LogP contribution < -0.4 is 0 Å². The molecule has 100 valence electrons. The highest BCUT2D eigenvalue weighted by atomic mass is 32.1. The fraction of sp³-hybridized carbons (Fsp3) is 0.167. The van der Waals surface area contributed by atoms with Crippen LogP contribution in [0.4, 0.5) is 17.6 Å². The van der Waals surface area contributed by atoms with Crippen molar-refractivity contribution in [3.8, 4) is 11.3 Å². The van der Waals surface area contributed by atoms with Gasteiger partial charge in [-0.15, -0.1) is 0 Å². The second kappa shape index (κ2) is 4.73. The molecule has 0 saturated heterocycles.